The fourth-order valence-electron chi connectivity index (χ4n) is 2.12. The van der Waals surface area contributed by atoms with Gasteiger partial charge in [-0.3, -0.25) is 0 Å². The van der Waals surface area contributed by atoms with Crippen LogP contribution in [-0.4, -0.2) is 24.7 Å². The first-order valence-corrected chi connectivity index (χ1v) is 7.18. The molecular weight excluding hydrogens is 296 g/mol. The fraction of sp³-hybridized carbons (Fsp3) is 0.176. The number of fused-ring (bicyclic) bond motifs is 1. The Balaban J connectivity index is 1.83. The molecular formula is C17H16N2O4. The Labute approximate surface area is 133 Å². The third kappa shape index (κ3) is 3.26. The molecule has 0 atom stereocenters. The summed E-state index contributed by atoms with van der Waals surface area (Å²) in [4.78, 5) is 16.1. The Bertz CT molecular complexity index is 824. The van der Waals surface area contributed by atoms with E-state index >= 15 is 0 Å². The minimum absolute atomic E-state index is 0.331. The highest BCUT2D eigenvalue weighted by Crippen LogP contribution is 2.24. The summed E-state index contributed by atoms with van der Waals surface area (Å²) in [5.74, 6) is 0.391. The zero-order chi connectivity index (χ0) is 16.2. The van der Waals surface area contributed by atoms with Gasteiger partial charge in [0.05, 0.1) is 19.3 Å². The third-order valence-corrected chi connectivity index (χ3v) is 3.24. The average Bonchev–Trinajstić information content (AvgIpc) is 2.97. The zero-order valence-electron chi connectivity index (χ0n) is 12.8. The van der Waals surface area contributed by atoms with E-state index in [9.17, 15) is 4.79 Å². The van der Waals surface area contributed by atoms with Crippen LogP contribution in [0, 0.1) is 0 Å². The van der Waals surface area contributed by atoms with Crippen molar-refractivity contribution < 1.29 is 18.7 Å². The Morgan fingerprint density at radius 1 is 1.22 bits per heavy atom. The van der Waals surface area contributed by atoms with E-state index in [1.54, 1.807) is 32.2 Å². The summed E-state index contributed by atoms with van der Waals surface area (Å²) in [6.45, 7) is 2.10. The molecule has 3 aromatic rings. The normalized spacial score (nSPS) is 10.5. The number of aromatic nitrogens is 1. The second kappa shape index (κ2) is 6.39. The van der Waals surface area contributed by atoms with Crippen molar-refractivity contribution in [2.45, 2.75) is 6.92 Å². The SMILES string of the molecule is CCOC(=O)c1ccc2nc(Nc3ccc(OC)cc3)oc2c1. The molecule has 0 saturated heterocycles. The summed E-state index contributed by atoms with van der Waals surface area (Å²) < 4.78 is 15.7. The lowest BCUT2D eigenvalue weighted by Gasteiger charge is -2.03. The van der Waals surface area contributed by atoms with Crippen molar-refractivity contribution in [3.63, 3.8) is 0 Å². The van der Waals surface area contributed by atoms with Crippen molar-refractivity contribution in [1.82, 2.24) is 4.98 Å². The van der Waals surface area contributed by atoms with E-state index in [2.05, 4.69) is 10.3 Å². The van der Waals surface area contributed by atoms with Gasteiger partial charge in [-0.2, -0.15) is 4.98 Å². The maximum atomic E-state index is 11.7. The molecule has 0 bridgehead atoms. The molecule has 0 amide bonds. The van der Waals surface area contributed by atoms with E-state index in [0.29, 0.717) is 29.3 Å². The van der Waals surface area contributed by atoms with Crippen molar-refractivity contribution in [1.29, 1.82) is 0 Å². The first-order chi connectivity index (χ1) is 11.2. The number of esters is 1. The van der Waals surface area contributed by atoms with Crippen LogP contribution < -0.4 is 10.1 Å². The van der Waals surface area contributed by atoms with E-state index in [-0.39, 0.29) is 5.97 Å². The smallest absolute Gasteiger partial charge is 0.338 e. The summed E-state index contributed by atoms with van der Waals surface area (Å²) in [5, 5.41) is 3.07. The highest BCUT2D eigenvalue weighted by molar-refractivity contribution is 5.93. The van der Waals surface area contributed by atoms with Crippen LogP contribution in [-0.2, 0) is 4.74 Å². The minimum atomic E-state index is -0.379. The molecule has 0 aliphatic rings. The van der Waals surface area contributed by atoms with Crippen LogP contribution in [0.5, 0.6) is 5.75 Å². The van der Waals surface area contributed by atoms with Gasteiger partial charge in [0.2, 0.25) is 0 Å². The zero-order valence-corrected chi connectivity index (χ0v) is 12.8. The molecule has 1 aromatic heterocycles. The Morgan fingerprint density at radius 2 is 2.00 bits per heavy atom. The minimum Gasteiger partial charge on any atom is -0.497 e. The van der Waals surface area contributed by atoms with Gasteiger partial charge in [0, 0.05) is 5.69 Å². The van der Waals surface area contributed by atoms with Crippen LogP contribution in [0.3, 0.4) is 0 Å². The Kier molecular flexibility index (Phi) is 4.14. The summed E-state index contributed by atoms with van der Waals surface area (Å²) in [6.07, 6.45) is 0. The van der Waals surface area contributed by atoms with Gasteiger partial charge in [-0.15, -0.1) is 0 Å². The second-order valence-electron chi connectivity index (χ2n) is 4.78. The number of ether oxygens (including phenoxy) is 2. The van der Waals surface area contributed by atoms with E-state index in [0.717, 1.165) is 11.4 Å². The summed E-state index contributed by atoms with van der Waals surface area (Å²) in [5.41, 5.74) is 2.44. The molecule has 6 heteroatoms. The predicted octanol–water partition coefficient (Wildman–Crippen LogP) is 3.76. The summed E-state index contributed by atoms with van der Waals surface area (Å²) in [6, 6.07) is 12.8. The second-order valence-corrected chi connectivity index (χ2v) is 4.78. The number of methoxy groups -OCH3 is 1. The van der Waals surface area contributed by atoms with E-state index in [1.165, 1.54) is 0 Å². The fourth-order valence-corrected chi connectivity index (χ4v) is 2.12. The number of hydrogen-bond donors (Lipinski definition) is 1. The van der Waals surface area contributed by atoms with Crippen molar-refractivity contribution in [2.24, 2.45) is 0 Å². The van der Waals surface area contributed by atoms with E-state index < -0.39 is 0 Å². The van der Waals surface area contributed by atoms with Crippen LogP contribution in [0.1, 0.15) is 17.3 Å². The monoisotopic (exact) mass is 312 g/mol. The number of anilines is 2. The molecule has 0 aliphatic carbocycles. The quantitative estimate of drug-likeness (QED) is 0.723. The lowest BCUT2D eigenvalue weighted by Crippen LogP contribution is -2.03. The van der Waals surface area contributed by atoms with Crippen molar-refractivity contribution in [3.05, 3.63) is 48.0 Å². The lowest BCUT2D eigenvalue weighted by atomic mass is 10.2. The van der Waals surface area contributed by atoms with Gasteiger partial charge in [0.15, 0.2) is 5.58 Å². The van der Waals surface area contributed by atoms with Gasteiger partial charge in [-0.1, -0.05) is 0 Å². The van der Waals surface area contributed by atoms with Gasteiger partial charge < -0.3 is 19.2 Å². The lowest BCUT2D eigenvalue weighted by molar-refractivity contribution is 0.0526. The van der Waals surface area contributed by atoms with Gasteiger partial charge >= 0.3 is 5.97 Å². The number of benzene rings is 2. The molecule has 23 heavy (non-hydrogen) atoms. The number of nitrogens with zero attached hydrogens (tertiary/aromatic N) is 1. The number of hydrogen-bond acceptors (Lipinski definition) is 6. The first kappa shape index (κ1) is 14.9. The molecule has 118 valence electrons. The van der Waals surface area contributed by atoms with Crippen LogP contribution in [0.4, 0.5) is 11.7 Å². The van der Waals surface area contributed by atoms with Crippen LogP contribution in [0.15, 0.2) is 46.9 Å². The van der Waals surface area contributed by atoms with Gasteiger partial charge in [0.25, 0.3) is 6.01 Å². The van der Waals surface area contributed by atoms with Crippen molar-refractivity contribution >= 4 is 28.8 Å². The van der Waals surface area contributed by atoms with Crippen LogP contribution in [0.2, 0.25) is 0 Å². The average molecular weight is 312 g/mol. The molecule has 0 spiro atoms. The Morgan fingerprint density at radius 3 is 2.70 bits per heavy atom. The van der Waals surface area contributed by atoms with Crippen LogP contribution in [0.25, 0.3) is 11.1 Å². The maximum Gasteiger partial charge on any atom is 0.338 e. The molecule has 0 unspecified atom stereocenters. The van der Waals surface area contributed by atoms with E-state index in [4.69, 9.17) is 13.9 Å². The molecule has 0 saturated carbocycles. The summed E-state index contributed by atoms with van der Waals surface area (Å²) >= 11 is 0. The molecule has 0 radical (unpaired) electrons. The van der Waals surface area contributed by atoms with Gasteiger partial charge in [0.1, 0.15) is 11.3 Å². The third-order valence-electron chi connectivity index (χ3n) is 3.24. The maximum absolute atomic E-state index is 11.7. The Hall–Kier alpha value is -3.02. The predicted molar refractivity (Wildman–Crippen MR) is 86.2 cm³/mol. The highest BCUT2D eigenvalue weighted by Gasteiger charge is 2.11. The van der Waals surface area contributed by atoms with Gasteiger partial charge in [-0.05, 0) is 49.4 Å². The van der Waals surface area contributed by atoms with Crippen LogP contribution >= 0.6 is 0 Å². The number of carbonyl (C=O) groups is 1. The molecule has 1 N–H and O–H groups in total. The molecule has 6 nitrogen and oxygen atoms in total. The highest BCUT2D eigenvalue weighted by atomic mass is 16.5. The molecule has 0 fully saturated rings. The standard InChI is InChI=1S/C17H16N2O4/c1-3-22-16(20)11-4-9-14-15(10-11)23-17(19-14)18-12-5-7-13(21-2)8-6-12/h4-10H,3H2,1-2H3,(H,18,19). The topological polar surface area (TPSA) is 73.6 Å². The van der Waals surface area contributed by atoms with Crippen molar-refractivity contribution in [3.8, 4) is 5.75 Å². The number of nitrogens with one attached hydrogen (secondary N) is 1. The summed E-state index contributed by atoms with van der Waals surface area (Å²) in [7, 11) is 1.62. The number of oxazole rings is 1. The molecule has 0 aliphatic heterocycles. The molecule has 2 aromatic carbocycles. The molecule has 1 heterocycles. The molecule has 3 rings (SSSR count). The van der Waals surface area contributed by atoms with E-state index in [1.807, 2.05) is 24.3 Å². The van der Waals surface area contributed by atoms with Gasteiger partial charge in [-0.25, -0.2) is 4.79 Å². The number of rotatable bonds is 5. The van der Waals surface area contributed by atoms with Crippen molar-refractivity contribution in [2.75, 3.05) is 19.0 Å². The number of carbonyl (C=O) groups excluding carboxylic acids is 1. The largest absolute Gasteiger partial charge is 0.497 e. The first-order valence-electron chi connectivity index (χ1n) is 7.18.